The summed E-state index contributed by atoms with van der Waals surface area (Å²) in [6.45, 7) is 2.74. The lowest BCUT2D eigenvalue weighted by atomic mass is 10.1. The van der Waals surface area contributed by atoms with E-state index in [0.29, 0.717) is 6.61 Å². The van der Waals surface area contributed by atoms with Gasteiger partial charge in [0.1, 0.15) is 2.14 Å². The molecule has 0 N–H and O–H groups in total. The fourth-order valence-electron chi connectivity index (χ4n) is 1.28. The summed E-state index contributed by atoms with van der Waals surface area (Å²) in [5, 5.41) is 0. The molecule has 5 heteroatoms. The summed E-state index contributed by atoms with van der Waals surface area (Å²) in [5.41, 5.74) is 0. The zero-order chi connectivity index (χ0) is 12.4. The minimum Gasteiger partial charge on any atom is -0.466 e. The molecular weight excluding hydrogens is 404 g/mol. The van der Waals surface area contributed by atoms with Gasteiger partial charge in [-0.1, -0.05) is 86.8 Å². The van der Waals surface area contributed by atoms with Crippen LogP contribution in [0.5, 0.6) is 0 Å². The first-order valence-electron chi connectivity index (χ1n) is 5.68. The van der Waals surface area contributed by atoms with Gasteiger partial charge in [0.2, 0.25) is 0 Å². The summed E-state index contributed by atoms with van der Waals surface area (Å²) in [4.78, 5) is 11.3. The molecule has 0 aromatic rings. The second-order valence-electron chi connectivity index (χ2n) is 3.78. The standard InChI is InChI=1S/C11H19Br3O2/c1-2-3-4-5-6-7-8-16-10(15)9-11(12,13)14/h2-9H2,1H3. The predicted octanol–water partition coefficient (Wildman–Crippen LogP) is 5.12. The maximum Gasteiger partial charge on any atom is 0.308 e. The van der Waals surface area contributed by atoms with Crippen molar-refractivity contribution in [3.05, 3.63) is 0 Å². The average Bonchev–Trinajstić information content (AvgIpc) is 2.13. The maximum atomic E-state index is 11.3. The van der Waals surface area contributed by atoms with Crippen LogP contribution in [0.15, 0.2) is 0 Å². The molecule has 0 unspecified atom stereocenters. The first-order chi connectivity index (χ1) is 7.45. The fourth-order valence-corrected chi connectivity index (χ4v) is 1.97. The van der Waals surface area contributed by atoms with Gasteiger partial charge in [0.15, 0.2) is 0 Å². The third-order valence-electron chi connectivity index (χ3n) is 2.11. The topological polar surface area (TPSA) is 26.3 Å². The number of carbonyl (C=O) groups is 1. The molecule has 0 spiro atoms. The predicted molar refractivity (Wildman–Crippen MR) is 78.5 cm³/mol. The highest BCUT2D eigenvalue weighted by Gasteiger charge is 2.23. The minimum absolute atomic E-state index is 0.195. The number of unbranched alkanes of at least 4 members (excludes halogenated alkanes) is 5. The van der Waals surface area contributed by atoms with Crippen LogP contribution in [-0.2, 0) is 9.53 Å². The van der Waals surface area contributed by atoms with Crippen molar-refractivity contribution in [2.24, 2.45) is 0 Å². The van der Waals surface area contributed by atoms with Crippen molar-refractivity contribution < 1.29 is 9.53 Å². The summed E-state index contributed by atoms with van der Waals surface area (Å²) in [5.74, 6) is -0.195. The third-order valence-corrected chi connectivity index (χ3v) is 2.95. The lowest BCUT2D eigenvalue weighted by Crippen LogP contribution is -2.13. The highest BCUT2D eigenvalue weighted by molar-refractivity contribution is 9.39. The van der Waals surface area contributed by atoms with Crippen LogP contribution < -0.4 is 0 Å². The molecular formula is C11H19Br3O2. The quantitative estimate of drug-likeness (QED) is 0.308. The van der Waals surface area contributed by atoms with Crippen molar-refractivity contribution in [1.29, 1.82) is 0 Å². The molecule has 0 aliphatic heterocycles. The molecule has 0 fully saturated rings. The molecule has 2 nitrogen and oxygen atoms in total. The van der Waals surface area contributed by atoms with Gasteiger partial charge in [-0.05, 0) is 6.42 Å². The van der Waals surface area contributed by atoms with Crippen molar-refractivity contribution >= 4 is 53.8 Å². The minimum atomic E-state index is -0.523. The molecule has 0 atom stereocenters. The monoisotopic (exact) mass is 420 g/mol. The molecule has 0 heterocycles. The zero-order valence-corrected chi connectivity index (χ0v) is 14.4. The summed E-state index contributed by atoms with van der Waals surface area (Å²) in [6, 6.07) is 0. The van der Waals surface area contributed by atoms with Gasteiger partial charge in [-0.25, -0.2) is 0 Å². The maximum absolute atomic E-state index is 11.3. The van der Waals surface area contributed by atoms with Gasteiger partial charge in [0.05, 0.1) is 13.0 Å². The molecule has 16 heavy (non-hydrogen) atoms. The summed E-state index contributed by atoms with van der Waals surface area (Å²) >= 11 is 9.79. The van der Waals surface area contributed by atoms with Gasteiger partial charge in [-0.2, -0.15) is 0 Å². The van der Waals surface area contributed by atoms with E-state index < -0.39 is 2.14 Å². The normalized spacial score (nSPS) is 11.5. The van der Waals surface area contributed by atoms with Crippen molar-refractivity contribution in [3.63, 3.8) is 0 Å². The molecule has 0 aromatic carbocycles. The van der Waals surface area contributed by atoms with E-state index in [2.05, 4.69) is 54.7 Å². The van der Waals surface area contributed by atoms with Crippen molar-refractivity contribution in [3.8, 4) is 0 Å². The number of ether oxygens (including phenoxy) is 1. The Kier molecular flexibility index (Phi) is 10.5. The van der Waals surface area contributed by atoms with E-state index in [9.17, 15) is 4.79 Å². The number of halogens is 3. The van der Waals surface area contributed by atoms with Crippen molar-refractivity contribution in [1.82, 2.24) is 0 Å². The molecule has 0 saturated heterocycles. The molecule has 0 aliphatic rings. The Morgan fingerprint density at radius 2 is 1.62 bits per heavy atom. The Labute approximate surface area is 123 Å². The second kappa shape index (κ2) is 9.89. The van der Waals surface area contributed by atoms with Crippen LogP contribution in [0.3, 0.4) is 0 Å². The Hall–Kier alpha value is 0.910. The van der Waals surface area contributed by atoms with Crippen LogP contribution in [0.2, 0.25) is 0 Å². The molecule has 0 saturated carbocycles. The largest absolute Gasteiger partial charge is 0.466 e. The van der Waals surface area contributed by atoms with Gasteiger partial charge in [0, 0.05) is 0 Å². The SMILES string of the molecule is CCCCCCCCOC(=O)CC(Br)(Br)Br. The van der Waals surface area contributed by atoms with Gasteiger partial charge >= 0.3 is 5.97 Å². The first-order valence-corrected chi connectivity index (χ1v) is 8.06. The Morgan fingerprint density at radius 3 is 2.19 bits per heavy atom. The lowest BCUT2D eigenvalue weighted by Gasteiger charge is -2.11. The van der Waals surface area contributed by atoms with E-state index >= 15 is 0 Å². The van der Waals surface area contributed by atoms with Crippen LogP contribution in [0.25, 0.3) is 0 Å². The zero-order valence-electron chi connectivity index (χ0n) is 9.61. The summed E-state index contributed by atoms with van der Waals surface area (Å²) in [6.07, 6.45) is 7.48. The number of hydrogen-bond acceptors (Lipinski definition) is 2. The molecule has 96 valence electrons. The fraction of sp³-hybridized carbons (Fsp3) is 0.909. The van der Waals surface area contributed by atoms with E-state index in [-0.39, 0.29) is 12.4 Å². The smallest absolute Gasteiger partial charge is 0.308 e. The van der Waals surface area contributed by atoms with Crippen molar-refractivity contribution in [2.75, 3.05) is 6.61 Å². The van der Waals surface area contributed by atoms with Gasteiger partial charge in [0.25, 0.3) is 0 Å². The third kappa shape index (κ3) is 13.0. The number of hydrogen-bond donors (Lipinski definition) is 0. The summed E-state index contributed by atoms with van der Waals surface area (Å²) in [7, 11) is 0. The van der Waals surface area contributed by atoms with Crippen LogP contribution in [0, 0.1) is 0 Å². The van der Waals surface area contributed by atoms with E-state index in [1.807, 2.05) is 0 Å². The highest BCUT2D eigenvalue weighted by atomic mass is 80.0. The van der Waals surface area contributed by atoms with Gasteiger partial charge in [-0.15, -0.1) is 0 Å². The van der Waals surface area contributed by atoms with Crippen LogP contribution in [0.4, 0.5) is 0 Å². The van der Waals surface area contributed by atoms with E-state index in [0.717, 1.165) is 12.8 Å². The number of rotatable bonds is 8. The Balaban J connectivity index is 3.28. The van der Waals surface area contributed by atoms with Crippen LogP contribution in [0.1, 0.15) is 51.9 Å². The Bertz CT molecular complexity index is 190. The molecule has 0 bridgehead atoms. The molecule has 0 radical (unpaired) electrons. The van der Waals surface area contributed by atoms with Gasteiger partial charge < -0.3 is 4.74 Å². The van der Waals surface area contributed by atoms with E-state index in [1.54, 1.807) is 0 Å². The lowest BCUT2D eigenvalue weighted by molar-refractivity contribution is -0.143. The van der Waals surface area contributed by atoms with Crippen LogP contribution >= 0.6 is 47.8 Å². The van der Waals surface area contributed by atoms with E-state index in [1.165, 1.54) is 25.7 Å². The highest BCUT2D eigenvalue weighted by Crippen LogP contribution is 2.37. The first kappa shape index (κ1) is 16.9. The molecule has 0 amide bonds. The number of alkyl halides is 3. The molecule has 0 rings (SSSR count). The van der Waals surface area contributed by atoms with E-state index in [4.69, 9.17) is 4.74 Å². The molecule has 0 aromatic heterocycles. The average molecular weight is 423 g/mol. The van der Waals surface area contributed by atoms with Crippen molar-refractivity contribution in [2.45, 2.75) is 54.0 Å². The second-order valence-corrected chi connectivity index (χ2v) is 11.0. The van der Waals surface area contributed by atoms with Gasteiger partial charge in [-0.3, -0.25) is 4.79 Å². The summed E-state index contributed by atoms with van der Waals surface area (Å²) < 4.78 is 4.57. The number of carbonyl (C=O) groups excluding carboxylic acids is 1. The molecule has 0 aliphatic carbocycles. The number of esters is 1. The Morgan fingerprint density at radius 1 is 1.06 bits per heavy atom. The van der Waals surface area contributed by atoms with Crippen LogP contribution in [-0.4, -0.2) is 14.7 Å².